The van der Waals surface area contributed by atoms with Crippen molar-refractivity contribution in [1.29, 1.82) is 0 Å². The van der Waals surface area contributed by atoms with Crippen molar-refractivity contribution in [3.05, 3.63) is 58.8 Å². The molecule has 3 heterocycles. The summed E-state index contributed by atoms with van der Waals surface area (Å²) in [6.45, 7) is 6.74. The van der Waals surface area contributed by atoms with Crippen LogP contribution in [0.15, 0.2) is 36.4 Å². The first kappa shape index (κ1) is 27.6. The quantitative estimate of drug-likeness (QED) is 0.627. The minimum atomic E-state index is -0.0481. The fraction of sp³-hybridized carbons (Fsp3) is 0.517. The maximum absolute atomic E-state index is 12.9. The molecule has 1 aromatic heterocycles. The molecule has 1 atom stereocenters. The van der Waals surface area contributed by atoms with E-state index in [4.69, 9.17) is 4.74 Å². The summed E-state index contributed by atoms with van der Waals surface area (Å²) in [5.74, 6) is 0.650. The minimum absolute atomic E-state index is 0.0270. The number of pyridine rings is 1. The molecule has 0 radical (unpaired) electrons. The van der Waals surface area contributed by atoms with Gasteiger partial charge in [-0.2, -0.15) is 0 Å². The van der Waals surface area contributed by atoms with Crippen molar-refractivity contribution in [3.8, 4) is 5.88 Å². The lowest BCUT2D eigenvalue weighted by Crippen LogP contribution is -2.39. The summed E-state index contributed by atoms with van der Waals surface area (Å²) < 4.78 is 5.58. The third-order valence-corrected chi connectivity index (χ3v) is 7.31. The van der Waals surface area contributed by atoms with E-state index in [1.807, 2.05) is 43.0 Å². The third kappa shape index (κ3) is 6.89. The second kappa shape index (κ2) is 12.9. The van der Waals surface area contributed by atoms with Crippen LogP contribution in [0, 0.1) is 0 Å². The van der Waals surface area contributed by atoms with Crippen molar-refractivity contribution in [2.45, 2.75) is 64.6 Å². The fourth-order valence-electron chi connectivity index (χ4n) is 5.20. The molecule has 2 N–H and O–H groups in total. The smallest absolute Gasteiger partial charge is 0.256 e. The number of carbonyl (C=O) groups excluding carboxylic acids is 3. The van der Waals surface area contributed by atoms with Gasteiger partial charge in [0.1, 0.15) is 0 Å². The number of aromatic nitrogens is 1. The van der Waals surface area contributed by atoms with Crippen LogP contribution in [-0.4, -0.2) is 71.8 Å². The van der Waals surface area contributed by atoms with Gasteiger partial charge in [0.2, 0.25) is 17.7 Å². The van der Waals surface area contributed by atoms with E-state index < -0.39 is 0 Å². The Labute approximate surface area is 224 Å². The lowest BCUT2D eigenvalue weighted by atomic mass is 9.91. The molecule has 1 unspecified atom stereocenters. The Balaban J connectivity index is 1.47. The van der Waals surface area contributed by atoms with Gasteiger partial charge in [-0.3, -0.25) is 19.3 Å². The molecule has 0 spiro atoms. The second-order valence-corrected chi connectivity index (χ2v) is 10.4. The number of benzene rings is 1. The molecule has 1 fully saturated rings. The van der Waals surface area contributed by atoms with Crippen LogP contribution < -0.4 is 15.4 Å². The molecule has 9 nitrogen and oxygen atoms in total. The SMILES string of the molecule is COc1nc2c(cc1CN1CCCNC(=O)CCC(c3ccccc3)CCNC(=O)C1)C(=O)N(C(C)C)C2. The Kier molecular flexibility index (Phi) is 9.33. The normalized spacial score (nSPS) is 20.1. The summed E-state index contributed by atoms with van der Waals surface area (Å²) >= 11 is 0. The number of methoxy groups -OCH3 is 1. The highest BCUT2D eigenvalue weighted by atomic mass is 16.5. The van der Waals surface area contributed by atoms with Crippen molar-refractivity contribution in [2.24, 2.45) is 0 Å². The highest BCUT2D eigenvalue weighted by Gasteiger charge is 2.32. The largest absolute Gasteiger partial charge is 0.481 e. The fourth-order valence-corrected chi connectivity index (χ4v) is 5.20. The van der Waals surface area contributed by atoms with Gasteiger partial charge in [0.25, 0.3) is 5.91 Å². The van der Waals surface area contributed by atoms with Gasteiger partial charge in [0, 0.05) is 44.2 Å². The van der Waals surface area contributed by atoms with Crippen molar-refractivity contribution in [3.63, 3.8) is 0 Å². The molecule has 0 aliphatic carbocycles. The Morgan fingerprint density at radius 2 is 1.79 bits per heavy atom. The first-order valence-corrected chi connectivity index (χ1v) is 13.5. The third-order valence-electron chi connectivity index (χ3n) is 7.31. The van der Waals surface area contributed by atoms with E-state index in [1.54, 1.807) is 12.0 Å². The van der Waals surface area contributed by atoms with Crippen LogP contribution in [0.4, 0.5) is 0 Å². The van der Waals surface area contributed by atoms with E-state index in [1.165, 1.54) is 5.56 Å². The van der Waals surface area contributed by atoms with Crippen molar-refractivity contribution >= 4 is 17.7 Å². The Bertz CT molecular complexity index is 1140. The standard InChI is InChI=1S/C29H39N5O4/c1-20(2)34-18-25-24(29(34)37)16-23(28(32-25)38-3)17-33-15-7-13-30-26(35)11-10-22(12-14-31-27(36)19-33)21-8-5-4-6-9-21/h4-6,8-9,16,20,22H,7,10-15,17-19H2,1-3H3,(H,30,35)(H,31,36). The van der Waals surface area contributed by atoms with Gasteiger partial charge in [0.05, 0.1) is 31.5 Å². The first-order chi connectivity index (χ1) is 18.4. The zero-order chi connectivity index (χ0) is 27.1. The summed E-state index contributed by atoms with van der Waals surface area (Å²) in [5.41, 5.74) is 3.27. The van der Waals surface area contributed by atoms with E-state index in [-0.39, 0.29) is 36.2 Å². The van der Waals surface area contributed by atoms with Crippen LogP contribution in [0.5, 0.6) is 5.88 Å². The Morgan fingerprint density at radius 3 is 2.53 bits per heavy atom. The molecule has 1 saturated heterocycles. The van der Waals surface area contributed by atoms with Gasteiger partial charge in [-0.05, 0) is 50.7 Å². The van der Waals surface area contributed by atoms with Crippen molar-refractivity contribution in [2.75, 3.05) is 33.3 Å². The molecule has 204 valence electrons. The van der Waals surface area contributed by atoms with Gasteiger partial charge in [0.15, 0.2) is 0 Å². The molecule has 9 heteroatoms. The summed E-state index contributed by atoms with van der Waals surface area (Å²) in [7, 11) is 1.57. The number of nitrogens with one attached hydrogen (secondary N) is 2. The van der Waals surface area contributed by atoms with Crippen LogP contribution in [0.2, 0.25) is 0 Å². The van der Waals surface area contributed by atoms with E-state index in [0.29, 0.717) is 57.0 Å². The molecule has 4 rings (SSSR count). The molecule has 2 aliphatic rings. The summed E-state index contributed by atoms with van der Waals surface area (Å²) in [6, 6.07) is 12.1. The molecular weight excluding hydrogens is 482 g/mol. The lowest BCUT2D eigenvalue weighted by molar-refractivity contribution is -0.123. The molecule has 0 bridgehead atoms. The van der Waals surface area contributed by atoms with Crippen molar-refractivity contribution in [1.82, 2.24) is 25.4 Å². The Hall–Kier alpha value is -3.46. The zero-order valence-corrected chi connectivity index (χ0v) is 22.7. The average Bonchev–Trinajstić information content (AvgIpc) is 3.23. The summed E-state index contributed by atoms with van der Waals surface area (Å²) in [4.78, 5) is 46.8. The highest BCUT2D eigenvalue weighted by molar-refractivity contribution is 5.98. The number of hydrogen-bond donors (Lipinski definition) is 2. The predicted octanol–water partition coefficient (Wildman–Crippen LogP) is 2.85. The van der Waals surface area contributed by atoms with Crippen molar-refractivity contribution < 1.29 is 19.1 Å². The second-order valence-electron chi connectivity index (χ2n) is 10.4. The molecule has 2 aliphatic heterocycles. The van der Waals surface area contributed by atoms with Crippen LogP contribution in [0.3, 0.4) is 0 Å². The number of ether oxygens (including phenoxy) is 1. The molecule has 2 aromatic rings. The van der Waals surface area contributed by atoms with Gasteiger partial charge in [-0.15, -0.1) is 0 Å². The van der Waals surface area contributed by atoms with Crippen LogP contribution in [-0.2, 0) is 22.7 Å². The van der Waals surface area contributed by atoms with Crippen LogP contribution in [0.1, 0.15) is 72.6 Å². The minimum Gasteiger partial charge on any atom is -0.481 e. The number of nitrogens with zero attached hydrogens (tertiary/aromatic N) is 3. The number of fused-ring (bicyclic) bond motifs is 1. The highest BCUT2D eigenvalue weighted by Crippen LogP contribution is 2.29. The van der Waals surface area contributed by atoms with Crippen LogP contribution >= 0.6 is 0 Å². The summed E-state index contributed by atoms with van der Waals surface area (Å²) in [5, 5.41) is 6.10. The molecule has 38 heavy (non-hydrogen) atoms. The maximum Gasteiger partial charge on any atom is 0.256 e. The topological polar surface area (TPSA) is 104 Å². The van der Waals surface area contributed by atoms with E-state index in [2.05, 4.69) is 27.8 Å². The average molecular weight is 522 g/mol. The Morgan fingerprint density at radius 1 is 1.03 bits per heavy atom. The zero-order valence-electron chi connectivity index (χ0n) is 22.7. The van der Waals surface area contributed by atoms with E-state index in [9.17, 15) is 14.4 Å². The van der Waals surface area contributed by atoms with E-state index in [0.717, 1.165) is 24.1 Å². The number of amides is 3. The molecule has 1 aromatic carbocycles. The summed E-state index contributed by atoms with van der Waals surface area (Å²) in [6.07, 6.45) is 2.66. The monoisotopic (exact) mass is 521 g/mol. The molecule has 3 amide bonds. The maximum atomic E-state index is 12.9. The van der Waals surface area contributed by atoms with Crippen LogP contribution in [0.25, 0.3) is 0 Å². The van der Waals surface area contributed by atoms with Gasteiger partial charge >= 0.3 is 0 Å². The number of rotatable bonds is 5. The number of hydrogen-bond acceptors (Lipinski definition) is 6. The van der Waals surface area contributed by atoms with Gasteiger partial charge < -0.3 is 20.3 Å². The predicted molar refractivity (Wildman–Crippen MR) is 145 cm³/mol. The van der Waals surface area contributed by atoms with Gasteiger partial charge in [-0.1, -0.05) is 30.3 Å². The first-order valence-electron chi connectivity index (χ1n) is 13.5. The van der Waals surface area contributed by atoms with Gasteiger partial charge in [-0.25, -0.2) is 4.98 Å². The lowest BCUT2D eigenvalue weighted by Gasteiger charge is -2.24. The van der Waals surface area contributed by atoms with E-state index >= 15 is 0 Å². The molecule has 0 saturated carbocycles. The molecular formula is C29H39N5O4. The number of carbonyl (C=O) groups is 3.